The molecule has 0 bridgehead atoms. The van der Waals surface area contributed by atoms with Gasteiger partial charge in [-0.25, -0.2) is 13.4 Å². The van der Waals surface area contributed by atoms with Crippen LogP contribution in [0.4, 0.5) is 11.8 Å². The predicted octanol–water partition coefficient (Wildman–Crippen LogP) is 0.832. The van der Waals surface area contributed by atoms with Gasteiger partial charge in [0.15, 0.2) is 9.84 Å². The average Bonchev–Trinajstić information content (AvgIpc) is 2.73. The van der Waals surface area contributed by atoms with Crippen LogP contribution in [0.3, 0.4) is 0 Å². The minimum Gasteiger partial charge on any atom is -0.385 e. The Bertz CT molecular complexity index is 577. The Hall–Kier alpha value is -1.41. The van der Waals surface area contributed by atoms with Crippen LogP contribution < -0.4 is 10.6 Å². The lowest BCUT2D eigenvalue weighted by Crippen LogP contribution is -2.22. The molecule has 0 aliphatic carbocycles. The molecule has 0 amide bonds. The van der Waals surface area contributed by atoms with Crippen LogP contribution in [-0.4, -0.2) is 56.2 Å². The van der Waals surface area contributed by atoms with E-state index in [1.54, 1.807) is 7.11 Å². The van der Waals surface area contributed by atoms with Crippen molar-refractivity contribution in [2.24, 2.45) is 0 Å². The van der Waals surface area contributed by atoms with E-state index in [2.05, 4.69) is 20.6 Å². The Balaban J connectivity index is 1.95. The van der Waals surface area contributed by atoms with Gasteiger partial charge >= 0.3 is 0 Å². The summed E-state index contributed by atoms with van der Waals surface area (Å²) in [6.45, 7) is 3.35. The molecule has 1 fully saturated rings. The van der Waals surface area contributed by atoms with Gasteiger partial charge in [0.05, 0.1) is 11.5 Å². The summed E-state index contributed by atoms with van der Waals surface area (Å²) >= 11 is 0. The van der Waals surface area contributed by atoms with Crippen LogP contribution in [0.2, 0.25) is 0 Å². The molecule has 0 aromatic carbocycles. The maximum Gasteiger partial charge on any atom is 0.225 e. The number of anilines is 2. The highest BCUT2D eigenvalue weighted by atomic mass is 32.2. The highest BCUT2D eigenvalue weighted by Crippen LogP contribution is 2.17. The van der Waals surface area contributed by atoms with Crippen molar-refractivity contribution in [1.82, 2.24) is 9.97 Å². The Morgan fingerprint density at radius 2 is 2.24 bits per heavy atom. The minimum atomic E-state index is -2.90. The number of hydrogen-bond acceptors (Lipinski definition) is 7. The Kier molecular flexibility index (Phi) is 5.35. The van der Waals surface area contributed by atoms with Crippen LogP contribution in [0.25, 0.3) is 0 Å². The smallest absolute Gasteiger partial charge is 0.225 e. The molecule has 0 radical (unpaired) electrons. The molecule has 21 heavy (non-hydrogen) atoms. The van der Waals surface area contributed by atoms with Gasteiger partial charge in [0.2, 0.25) is 5.95 Å². The van der Waals surface area contributed by atoms with Gasteiger partial charge < -0.3 is 15.4 Å². The number of rotatable bonds is 7. The number of nitrogens with one attached hydrogen (secondary N) is 2. The lowest BCUT2D eigenvalue weighted by atomic mass is 10.3. The number of sulfone groups is 1. The van der Waals surface area contributed by atoms with Crippen molar-refractivity contribution in [3.8, 4) is 0 Å². The Labute approximate surface area is 125 Å². The number of methoxy groups -OCH3 is 1. The largest absolute Gasteiger partial charge is 0.385 e. The molecule has 1 aromatic rings. The first-order chi connectivity index (χ1) is 9.98. The third kappa shape index (κ3) is 5.13. The van der Waals surface area contributed by atoms with Crippen molar-refractivity contribution in [2.45, 2.75) is 25.8 Å². The second-order valence-electron chi connectivity index (χ2n) is 5.24. The van der Waals surface area contributed by atoms with Crippen LogP contribution in [-0.2, 0) is 14.6 Å². The highest BCUT2D eigenvalue weighted by Gasteiger charge is 2.28. The molecule has 8 heteroatoms. The summed E-state index contributed by atoms with van der Waals surface area (Å²) in [5.41, 5.74) is 0.836. The first kappa shape index (κ1) is 16.0. The fourth-order valence-corrected chi connectivity index (χ4v) is 3.92. The van der Waals surface area contributed by atoms with Crippen molar-refractivity contribution < 1.29 is 13.2 Å². The topological polar surface area (TPSA) is 93.2 Å². The summed E-state index contributed by atoms with van der Waals surface area (Å²) < 4.78 is 27.9. The van der Waals surface area contributed by atoms with E-state index >= 15 is 0 Å². The van der Waals surface area contributed by atoms with Gasteiger partial charge in [0, 0.05) is 38.1 Å². The molecule has 0 spiro atoms. The molecule has 2 N–H and O–H groups in total. The molecule has 1 saturated heterocycles. The maximum atomic E-state index is 11.5. The van der Waals surface area contributed by atoms with Crippen molar-refractivity contribution >= 4 is 21.6 Å². The van der Waals surface area contributed by atoms with Gasteiger partial charge in [0.25, 0.3) is 0 Å². The van der Waals surface area contributed by atoms with Crippen LogP contribution in [0.1, 0.15) is 18.5 Å². The van der Waals surface area contributed by atoms with Gasteiger partial charge in [-0.15, -0.1) is 0 Å². The first-order valence-corrected chi connectivity index (χ1v) is 8.86. The standard InChI is InChI=1S/C13H22N4O3S/c1-10-8-12(14-5-3-6-20-2)17-13(15-10)16-11-4-7-21(18,19)9-11/h8,11H,3-7,9H2,1-2H3,(H2,14,15,16,17). The molecular formula is C13H22N4O3S. The van der Waals surface area contributed by atoms with E-state index in [1.165, 1.54) is 0 Å². The summed E-state index contributed by atoms with van der Waals surface area (Å²) in [5, 5.41) is 6.33. The minimum absolute atomic E-state index is 0.0989. The van der Waals surface area contributed by atoms with E-state index in [0.717, 1.165) is 24.5 Å². The number of ether oxygens (including phenoxy) is 1. The summed E-state index contributed by atoms with van der Waals surface area (Å²) in [6, 6.07) is 1.77. The second kappa shape index (κ2) is 7.04. The fourth-order valence-electron chi connectivity index (χ4n) is 2.25. The van der Waals surface area contributed by atoms with Crippen molar-refractivity contribution in [2.75, 3.05) is 42.4 Å². The maximum absolute atomic E-state index is 11.5. The lowest BCUT2D eigenvalue weighted by molar-refractivity contribution is 0.198. The van der Waals surface area contributed by atoms with Crippen LogP contribution >= 0.6 is 0 Å². The van der Waals surface area contributed by atoms with Crippen molar-refractivity contribution in [1.29, 1.82) is 0 Å². The third-order valence-electron chi connectivity index (χ3n) is 3.25. The summed E-state index contributed by atoms with van der Waals surface area (Å²) in [6.07, 6.45) is 1.50. The van der Waals surface area contributed by atoms with Gasteiger partial charge in [0.1, 0.15) is 5.82 Å². The number of nitrogens with zero attached hydrogens (tertiary/aromatic N) is 2. The first-order valence-electron chi connectivity index (χ1n) is 7.04. The number of aromatic nitrogens is 2. The Morgan fingerprint density at radius 1 is 1.43 bits per heavy atom. The molecule has 1 aliphatic heterocycles. The fraction of sp³-hybridized carbons (Fsp3) is 0.692. The summed E-state index contributed by atoms with van der Waals surface area (Å²) in [5.74, 6) is 1.60. The molecule has 0 saturated carbocycles. The van der Waals surface area contributed by atoms with E-state index in [1.807, 2.05) is 13.0 Å². The zero-order valence-corrected chi connectivity index (χ0v) is 13.2. The molecule has 2 heterocycles. The summed E-state index contributed by atoms with van der Waals surface area (Å²) in [4.78, 5) is 8.68. The highest BCUT2D eigenvalue weighted by molar-refractivity contribution is 7.91. The molecule has 1 aliphatic rings. The average molecular weight is 314 g/mol. The van der Waals surface area contributed by atoms with Crippen molar-refractivity contribution in [3.05, 3.63) is 11.8 Å². The van der Waals surface area contributed by atoms with Crippen LogP contribution in [0, 0.1) is 6.92 Å². The third-order valence-corrected chi connectivity index (χ3v) is 5.02. The van der Waals surface area contributed by atoms with E-state index in [4.69, 9.17) is 4.74 Å². The predicted molar refractivity (Wildman–Crippen MR) is 82.4 cm³/mol. The van der Waals surface area contributed by atoms with E-state index in [9.17, 15) is 8.42 Å². The van der Waals surface area contributed by atoms with Crippen molar-refractivity contribution in [3.63, 3.8) is 0 Å². The monoisotopic (exact) mass is 314 g/mol. The molecule has 7 nitrogen and oxygen atoms in total. The normalized spacial score (nSPS) is 20.4. The number of aryl methyl sites for hydroxylation is 1. The molecule has 1 atom stereocenters. The zero-order chi connectivity index (χ0) is 15.3. The quantitative estimate of drug-likeness (QED) is 0.720. The zero-order valence-electron chi connectivity index (χ0n) is 12.4. The van der Waals surface area contributed by atoms with Gasteiger partial charge in [-0.1, -0.05) is 0 Å². The molecule has 118 valence electrons. The lowest BCUT2D eigenvalue weighted by Gasteiger charge is -2.13. The van der Waals surface area contributed by atoms with Gasteiger partial charge in [-0.05, 0) is 19.8 Å². The number of hydrogen-bond donors (Lipinski definition) is 2. The molecular weight excluding hydrogens is 292 g/mol. The Morgan fingerprint density at radius 3 is 2.90 bits per heavy atom. The molecule has 1 unspecified atom stereocenters. The van der Waals surface area contributed by atoms with E-state index in [0.29, 0.717) is 19.0 Å². The molecule has 1 aromatic heterocycles. The molecule has 2 rings (SSSR count). The van der Waals surface area contributed by atoms with E-state index < -0.39 is 9.84 Å². The van der Waals surface area contributed by atoms with Gasteiger partial charge in [-0.3, -0.25) is 0 Å². The summed E-state index contributed by atoms with van der Waals surface area (Å²) in [7, 11) is -1.23. The van der Waals surface area contributed by atoms with E-state index in [-0.39, 0.29) is 17.5 Å². The second-order valence-corrected chi connectivity index (χ2v) is 7.46. The van der Waals surface area contributed by atoms with Gasteiger partial charge in [-0.2, -0.15) is 4.98 Å². The van der Waals surface area contributed by atoms with Crippen LogP contribution in [0.5, 0.6) is 0 Å². The van der Waals surface area contributed by atoms with Crippen LogP contribution in [0.15, 0.2) is 6.07 Å². The SMILES string of the molecule is COCCCNc1cc(C)nc(NC2CCS(=O)(=O)C2)n1.